The first kappa shape index (κ1) is 19.0. The molecule has 24 heavy (non-hydrogen) atoms. The summed E-state index contributed by atoms with van der Waals surface area (Å²) in [5.74, 6) is 0. The highest BCUT2D eigenvalue weighted by atomic mass is 14.9. The molecular formula is C23H36N+. The van der Waals surface area contributed by atoms with E-state index >= 15 is 0 Å². The number of benzene rings is 1. The highest BCUT2D eigenvalue weighted by Crippen LogP contribution is 2.12. The number of hydrogen-bond donors (Lipinski definition) is 0. The lowest BCUT2D eigenvalue weighted by Crippen LogP contribution is -2.32. The first-order chi connectivity index (χ1) is 11.9. The number of pyridine rings is 1. The van der Waals surface area contributed by atoms with E-state index < -0.39 is 0 Å². The molecule has 0 atom stereocenters. The molecule has 0 N–H and O–H groups in total. The van der Waals surface area contributed by atoms with E-state index in [2.05, 4.69) is 54.2 Å². The lowest BCUT2D eigenvalue weighted by molar-refractivity contribution is -0.696. The number of nitrogens with zero attached hydrogens (tertiary/aromatic N) is 1. The van der Waals surface area contributed by atoms with E-state index in [4.69, 9.17) is 0 Å². The highest BCUT2D eigenvalue weighted by Gasteiger charge is 2.02. The normalized spacial score (nSPS) is 11.2. The molecule has 1 aromatic heterocycles. The van der Waals surface area contributed by atoms with Gasteiger partial charge >= 0.3 is 0 Å². The van der Waals surface area contributed by atoms with Crippen LogP contribution in [0.4, 0.5) is 0 Å². The number of rotatable bonds is 13. The van der Waals surface area contributed by atoms with Gasteiger partial charge in [-0.15, -0.1) is 0 Å². The molecule has 0 unspecified atom stereocenters. The van der Waals surface area contributed by atoms with Gasteiger partial charge in [-0.25, -0.2) is 4.57 Å². The molecule has 0 bridgehead atoms. The largest absolute Gasteiger partial charge is 0.205 e. The molecular weight excluding hydrogens is 290 g/mol. The molecule has 1 heterocycles. The molecule has 0 saturated carbocycles. The van der Waals surface area contributed by atoms with Crippen LogP contribution in [0, 0.1) is 0 Å². The Kier molecular flexibility index (Phi) is 9.53. The zero-order valence-electron chi connectivity index (χ0n) is 15.7. The number of aryl methyl sites for hydroxylation is 1. The average molecular weight is 327 g/mol. The van der Waals surface area contributed by atoms with Gasteiger partial charge in [0.05, 0.1) is 0 Å². The van der Waals surface area contributed by atoms with Crippen LogP contribution in [0.15, 0.2) is 42.7 Å². The number of unbranched alkanes of at least 4 members (excludes halogenated alkanes) is 11. The first-order valence-corrected chi connectivity index (χ1v) is 10.3. The summed E-state index contributed by atoms with van der Waals surface area (Å²) >= 11 is 0. The summed E-state index contributed by atoms with van der Waals surface area (Å²) in [5, 5.41) is 2.68. The summed E-state index contributed by atoms with van der Waals surface area (Å²) in [6, 6.07) is 10.8. The van der Waals surface area contributed by atoms with Crippen LogP contribution in [0.25, 0.3) is 10.8 Å². The minimum absolute atomic E-state index is 1.16. The van der Waals surface area contributed by atoms with Gasteiger partial charge in [0.15, 0.2) is 12.4 Å². The zero-order valence-corrected chi connectivity index (χ0v) is 15.7. The van der Waals surface area contributed by atoms with Gasteiger partial charge < -0.3 is 0 Å². The van der Waals surface area contributed by atoms with Gasteiger partial charge in [0, 0.05) is 17.9 Å². The van der Waals surface area contributed by atoms with Gasteiger partial charge in [-0.1, -0.05) is 89.3 Å². The Balaban J connectivity index is 1.46. The fourth-order valence-electron chi connectivity index (χ4n) is 3.45. The maximum absolute atomic E-state index is 2.35. The predicted octanol–water partition coefficient (Wildman–Crippen LogP) is 6.83. The van der Waals surface area contributed by atoms with E-state index in [0.717, 1.165) is 6.54 Å². The van der Waals surface area contributed by atoms with Gasteiger partial charge in [0.2, 0.25) is 0 Å². The Morgan fingerprint density at radius 3 is 1.79 bits per heavy atom. The van der Waals surface area contributed by atoms with Crippen LogP contribution in [-0.4, -0.2) is 0 Å². The molecule has 1 heteroatoms. The van der Waals surface area contributed by atoms with Crippen molar-refractivity contribution in [2.45, 2.75) is 90.5 Å². The van der Waals surface area contributed by atoms with Crippen molar-refractivity contribution in [3.8, 4) is 0 Å². The lowest BCUT2D eigenvalue weighted by Gasteiger charge is -2.02. The summed E-state index contributed by atoms with van der Waals surface area (Å²) in [7, 11) is 0. The Bertz CT molecular complexity index is 561. The van der Waals surface area contributed by atoms with Crippen molar-refractivity contribution in [1.29, 1.82) is 0 Å². The third kappa shape index (κ3) is 7.47. The molecule has 0 aliphatic rings. The minimum Gasteiger partial charge on any atom is -0.205 e. The molecule has 1 aromatic carbocycles. The topological polar surface area (TPSA) is 3.88 Å². The molecule has 0 amide bonds. The van der Waals surface area contributed by atoms with Crippen molar-refractivity contribution in [3.63, 3.8) is 0 Å². The van der Waals surface area contributed by atoms with Crippen molar-refractivity contribution < 1.29 is 4.57 Å². The molecule has 2 aromatic rings. The third-order valence-corrected chi connectivity index (χ3v) is 5.02. The summed E-state index contributed by atoms with van der Waals surface area (Å²) in [5.41, 5.74) is 0. The Morgan fingerprint density at radius 1 is 0.625 bits per heavy atom. The summed E-state index contributed by atoms with van der Waals surface area (Å²) in [6.45, 7) is 3.45. The summed E-state index contributed by atoms with van der Waals surface area (Å²) in [6.07, 6.45) is 21.5. The Morgan fingerprint density at radius 2 is 1.17 bits per heavy atom. The maximum atomic E-state index is 2.35. The summed E-state index contributed by atoms with van der Waals surface area (Å²) in [4.78, 5) is 0. The smallest absolute Gasteiger partial charge is 0.176 e. The van der Waals surface area contributed by atoms with Crippen LogP contribution in [0.3, 0.4) is 0 Å². The molecule has 2 rings (SSSR count). The predicted molar refractivity (Wildman–Crippen MR) is 105 cm³/mol. The lowest BCUT2D eigenvalue weighted by atomic mass is 10.1. The van der Waals surface area contributed by atoms with E-state index in [0.29, 0.717) is 0 Å². The average Bonchev–Trinajstić information content (AvgIpc) is 2.62. The minimum atomic E-state index is 1.16. The quantitative estimate of drug-likeness (QED) is 0.280. The molecule has 0 radical (unpaired) electrons. The first-order valence-electron chi connectivity index (χ1n) is 10.3. The van der Waals surface area contributed by atoms with Crippen LogP contribution >= 0.6 is 0 Å². The van der Waals surface area contributed by atoms with E-state index in [1.807, 2.05) is 0 Å². The molecule has 0 aliphatic carbocycles. The molecule has 0 spiro atoms. The van der Waals surface area contributed by atoms with Crippen LogP contribution in [0.5, 0.6) is 0 Å². The van der Waals surface area contributed by atoms with E-state index in [1.54, 1.807) is 0 Å². The molecule has 0 saturated heterocycles. The number of hydrogen-bond acceptors (Lipinski definition) is 0. The van der Waals surface area contributed by atoms with Crippen LogP contribution in [-0.2, 0) is 6.54 Å². The monoisotopic (exact) mass is 326 g/mol. The highest BCUT2D eigenvalue weighted by molar-refractivity contribution is 5.80. The molecule has 0 fully saturated rings. The molecule has 1 nitrogen and oxygen atoms in total. The van der Waals surface area contributed by atoms with Crippen LogP contribution in [0.2, 0.25) is 0 Å². The maximum Gasteiger partial charge on any atom is 0.176 e. The second-order valence-corrected chi connectivity index (χ2v) is 7.20. The number of fused-ring (bicyclic) bond motifs is 1. The van der Waals surface area contributed by atoms with Crippen molar-refractivity contribution in [1.82, 2.24) is 0 Å². The van der Waals surface area contributed by atoms with Crippen molar-refractivity contribution in [2.24, 2.45) is 0 Å². The van der Waals surface area contributed by atoms with Crippen LogP contribution in [0.1, 0.15) is 84.0 Å². The fourth-order valence-corrected chi connectivity index (χ4v) is 3.45. The van der Waals surface area contributed by atoms with Gasteiger partial charge in [0.25, 0.3) is 0 Å². The summed E-state index contributed by atoms with van der Waals surface area (Å²) < 4.78 is 2.35. The van der Waals surface area contributed by atoms with Crippen molar-refractivity contribution in [3.05, 3.63) is 42.7 Å². The van der Waals surface area contributed by atoms with E-state index in [-0.39, 0.29) is 0 Å². The Hall–Kier alpha value is -1.37. The van der Waals surface area contributed by atoms with Crippen LogP contribution < -0.4 is 4.57 Å². The van der Waals surface area contributed by atoms with Gasteiger partial charge in [-0.2, -0.15) is 0 Å². The molecule has 132 valence electrons. The zero-order chi connectivity index (χ0) is 16.9. The second-order valence-electron chi connectivity index (χ2n) is 7.20. The fraction of sp³-hybridized carbons (Fsp3) is 0.609. The van der Waals surface area contributed by atoms with Gasteiger partial charge in [-0.3, -0.25) is 0 Å². The standard InChI is InChI=1S/C23H36N/c1-2-3-4-5-6-7-8-9-10-11-12-15-19-24-20-18-22-16-13-14-17-23(22)21-24/h13-14,16-18,20-21H,2-12,15,19H2,1H3/q+1. The van der Waals surface area contributed by atoms with Crippen molar-refractivity contribution >= 4 is 10.8 Å². The SMILES string of the molecule is CCCCCCCCCCCCCC[n+]1ccc2ccccc2c1. The third-order valence-electron chi connectivity index (χ3n) is 5.02. The van der Waals surface area contributed by atoms with E-state index in [9.17, 15) is 0 Å². The Labute approximate surface area is 149 Å². The second kappa shape index (κ2) is 12.1. The molecule has 0 aliphatic heterocycles. The van der Waals surface area contributed by atoms with Gasteiger partial charge in [0.1, 0.15) is 6.54 Å². The van der Waals surface area contributed by atoms with Crippen molar-refractivity contribution in [2.75, 3.05) is 0 Å². The van der Waals surface area contributed by atoms with E-state index in [1.165, 1.54) is 87.8 Å². The van der Waals surface area contributed by atoms with Gasteiger partial charge in [-0.05, 0) is 17.9 Å². The number of aromatic nitrogens is 1.